The molecule has 2 unspecified atom stereocenters. The van der Waals surface area contributed by atoms with Gasteiger partial charge in [-0.3, -0.25) is 0 Å². The Morgan fingerprint density at radius 2 is 1.43 bits per heavy atom. The van der Waals surface area contributed by atoms with Gasteiger partial charge in [0.05, 0.1) is 6.61 Å². The highest BCUT2D eigenvalue weighted by Gasteiger charge is 2.51. The molecule has 0 aromatic carbocycles. The monoisotopic (exact) mass is 386 g/mol. The summed E-state index contributed by atoms with van der Waals surface area (Å²) in [7, 11) is 0. The second-order valence-electron chi connectivity index (χ2n) is 8.53. The van der Waals surface area contributed by atoms with Gasteiger partial charge in [0.25, 0.3) is 0 Å². The lowest BCUT2D eigenvalue weighted by atomic mass is 9.49. The van der Waals surface area contributed by atoms with Gasteiger partial charge in [-0.1, -0.05) is 22.4 Å². The van der Waals surface area contributed by atoms with Crippen molar-refractivity contribution < 1.29 is 14.2 Å². The highest BCUT2D eigenvalue weighted by molar-refractivity contribution is 9.09. The molecule has 0 radical (unpaired) electrons. The van der Waals surface area contributed by atoms with E-state index in [1.165, 1.54) is 57.8 Å². The van der Waals surface area contributed by atoms with Gasteiger partial charge in [0.1, 0.15) is 0 Å². The summed E-state index contributed by atoms with van der Waals surface area (Å²) in [6.07, 6.45) is 13.6. The fourth-order valence-corrected chi connectivity index (χ4v) is 6.28. The minimum Gasteiger partial charge on any atom is -0.348 e. The first-order valence-electron chi connectivity index (χ1n) is 9.71. The number of rotatable bonds is 10. The molecule has 0 aromatic heterocycles. The zero-order valence-corrected chi connectivity index (χ0v) is 15.8. The lowest BCUT2D eigenvalue weighted by Crippen LogP contribution is -2.46. The Bertz CT molecular complexity index is 365. The minimum atomic E-state index is -0.0877. The summed E-state index contributed by atoms with van der Waals surface area (Å²) in [6, 6.07) is 0. The van der Waals surface area contributed by atoms with Gasteiger partial charge in [-0.2, -0.15) is 0 Å². The maximum atomic E-state index is 5.93. The number of unbranched alkanes of at least 4 members (excludes halogenated alkanes) is 2. The van der Waals surface area contributed by atoms with Crippen LogP contribution in [-0.4, -0.2) is 31.1 Å². The van der Waals surface area contributed by atoms with Crippen LogP contribution < -0.4 is 0 Å². The lowest BCUT2D eigenvalue weighted by Gasteiger charge is -2.57. The fraction of sp³-hybridized carbons (Fsp3) is 1.00. The third kappa shape index (κ3) is 4.13. The fourth-order valence-electron chi connectivity index (χ4n) is 5.88. The maximum Gasteiger partial charge on any atom is 0.212 e. The van der Waals surface area contributed by atoms with Gasteiger partial charge in [-0.05, 0) is 81.0 Å². The summed E-state index contributed by atoms with van der Waals surface area (Å²) < 4.78 is 17.1. The Morgan fingerprint density at radius 3 is 2.04 bits per heavy atom. The number of hydrogen-bond acceptors (Lipinski definition) is 3. The molecule has 0 spiro atoms. The zero-order chi connectivity index (χ0) is 15.7. The Balaban J connectivity index is 1.11. The molecule has 4 saturated carbocycles. The smallest absolute Gasteiger partial charge is 0.212 e. The third-order valence-corrected chi connectivity index (χ3v) is 7.11. The molecular weight excluding hydrogens is 356 g/mol. The van der Waals surface area contributed by atoms with Crippen molar-refractivity contribution in [3.05, 3.63) is 0 Å². The van der Waals surface area contributed by atoms with Crippen LogP contribution in [0.15, 0.2) is 0 Å². The number of ether oxygens (including phenoxy) is 3. The van der Waals surface area contributed by atoms with Gasteiger partial charge >= 0.3 is 0 Å². The van der Waals surface area contributed by atoms with Crippen LogP contribution in [0.25, 0.3) is 0 Å². The second-order valence-corrected chi connectivity index (χ2v) is 9.32. The van der Waals surface area contributed by atoms with Crippen LogP contribution in [0.1, 0.15) is 64.2 Å². The van der Waals surface area contributed by atoms with Crippen molar-refractivity contribution in [2.24, 2.45) is 23.2 Å². The van der Waals surface area contributed by atoms with E-state index in [1.54, 1.807) is 0 Å². The van der Waals surface area contributed by atoms with E-state index >= 15 is 0 Å². The largest absolute Gasteiger partial charge is 0.348 e. The van der Waals surface area contributed by atoms with Gasteiger partial charge in [0.2, 0.25) is 12.6 Å². The molecule has 1 aliphatic heterocycles. The summed E-state index contributed by atoms with van der Waals surface area (Å²) in [4.78, 5) is 0. The molecule has 3 nitrogen and oxygen atoms in total. The van der Waals surface area contributed by atoms with E-state index in [0.29, 0.717) is 5.41 Å². The van der Waals surface area contributed by atoms with Gasteiger partial charge in [-0.15, -0.1) is 0 Å². The van der Waals surface area contributed by atoms with Gasteiger partial charge in [-0.25, -0.2) is 0 Å². The molecule has 1 heterocycles. The van der Waals surface area contributed by atoms with Gasteiger partial charge < -0.3 is 14.2 Å². The van der Waals surface area contributed by atoms with Crippen molar-refractivity contribution in [1.82, 2.24) is 0 Å². The normalized spacial score (nSPS) is 44.0. The van der Waals surface area contributed by atoms with Gasteiger partial charge in [0.15, 0.2) is 0 Å². The molecule has 5 rings (SSSR count). The zero-order valence-electron chi connectivity index (χ0n) is 14.2. The summed E-state index contributed by atoms with van der Waals surface area (Å²) in [5, 5.41) is 1.09. The summed E-state index contributed by atoms with van der Waals surface area (Å²) in [6.45, 7) is 1.66. The molecule has 5 fully saturated rings. The van der Waals surface area contributed by atoms with Crippen LogP contribution in [0.4, 0.5) is 0 Å². The van der Waals surface area contributed by atoms with Crippen molar-refractivity contribution in [1.29, 1.82) is 0 Å². The quantitative estimate of drug-likeness (QED) is 0.304. The average Bonchev–Trinajstić information content (AvgIpc) is 3.24. The van der Waals surface area contributed by atoms with Crippen molar-refractivity contribution >= 4 is 15.9 Å². The Kier molecular flexibility index (Phi) is 5.34. The first-order valence-corrected chi connectivity index (χ1v) is 10.8. The SMILES string of the molecule is BrCCCCCOC1OC1OCCC12CC3CC(CC(C3)C1)C2. The van der Waals surface area contributed by atoms with Crippen LogP contribution >= 0.6 is 15.9 Å². The van der Waals surface area contributed by atoms with Crippen molar-refractivity contribution in [3.63, 3.8) is 0 Å². The highest BCUT2D eigenvalue weighted by atomic mass is 79.9. The maximum absolute atomic E-state index is 5.93. The number of hydrogen-bond donors (Lipinski definition) is 0. The van der Waals surface area contributed by atoms with Crippen molar-refractivity contribution in [3.8, 4) is 0 Å². The third-order valence-electron chi connectivity index (χ3n) is 6.55. The molecule has 5 aliphatic rings. The van der Waals surface area contributed by atoms with Crippen molar-refractivity contribution in [2.75, 3.05) is 18.5 Å². The summed E-state index contributed by atoms with van der Waals surface area (Å²) in [5.74, 6) is 3.11. The predicted octanol–water partition coefficient (Wildman–Crippen LogP) is 4.87. The Labute approximate surface area is 148 Å². The molecule has 0 amide bonds. The molecule has 0 aromatic rings. The minimum absolute atomic E-state index is 0.0833. The molecule has 0 N–H and O–H groups in total. The topological polar surface area (TPSA) is 31.0 Å². The molecule has 1 saturated heterocycles. The summed E-state index contributed by atoms with van der Waals surface area (Å²) >= 11 is 3.45. The number of epoxide rings is 1. The molecular formula is C19H31BrO3. The predicted molar refractivity (Wildman–Crippen MR) is 93.4 cm³/mol. The van der Waals surface area contributed by atoms with E-state index in [-0.39, 0.29) is 12.6 Å². The van der Waals surface area contributed by atoms with E-state index in [1.807, 2.05) is 0 Å². The van der Waals surface area contributed by atoms with E-state index < -0.39 is 0 Å². The second kappa shape index (κ2) is 7.31. The van der Waals surface area contributed by atoms with Crippen LogP contribution in [0.5, 0.6) is 0 Å². The first kappa shape index (κ1) is 16.8. The van der Waals surface area contributed by atoms with E-state index in [2.05, 4.69) is 15.9 Å². The van der Waals surface area contributed by atoms with Crippen LogP contribution in [0, 0.1) is 23.2 Å². The first-order chi connectivity index (χ1) is 11.3. The molecule has 4 heteroatoms. The molecule has 23 heavy (non-hydrogen) atoms. The molecule has 4 aliphatic carbocycles. The Hall–Kier alpha value is 0.360. The van der Waals surface area contributed by atoms with Crippen LogP contribution in [0.2, 0.25) is 0 Å². The van der Waals surface area contributed by atoms with Crippen LogP contribution in [0.3, 0.4) is 0 Å². The standard InChI is InChI=1S/C19H31BrO3/c20-5-2-1-3-6-21-17-18(23-17)22-7-4-19-11-14-8-15(12-19)10-16(9-14)13-19/h14-18H,1-13H2. The Morgan fingerprint density at radius 1 is 0.826 bits per heavy atom. The van der Waals surface area contributed by atoms with Crippen LogP contribution in [-0.2, 0) is 14.2 Å². The summed E-state index contributed by atoms with van der Waals surface area (Å²) in [5.41, 5.74) is 0.621. The molecule has 4 bridgehead atoms. The highest BCUT2D eigenvalue weighted by Crippen LogP contribution is 2.61. The number of halogens is 1. The average molecular weight is 387 g/mol. The van der Waals surface area contributed by atoms with Gasteiger partial charge in [0, 0.05) is 11.9 Å². The van der Waals surface area contributed by atoms with E-state index in [4.69, 9.17) is 14.2 Å². The van der Waals surface area contributed by atoms with E-state index in [9.17, 15) is 0 Å². The number of alkyl halides is 1. The lowest BCUT2D eigenvalue weighted by molar-refractivity contribution is -0.0752. The molecule has 132 valence electrons. The van der Waals surface area contributed by atoms with E-state index in [0.717, 1.165) is 42.7 Å². The molecule has 2 atom stereocenters. The van der Waals surface area contributed by atoms with Crippen molar-refractivity contribution in [2.45, 2.75) is 76.8 Å².